The Labute approximate surface area is 155 Å². The number of thiazole rings is 1. The zero-order valence-electron chi connectivity index (χ0n) is 14.0. The number of aromatic nitrogens is 1. The SMILES string of the molecule is CC(C)N=c1scc(-c2ccc(Br)cc2)n1N=CC1CC=CCC1. The normalized spacial score (nSPS) is 18.8. The van der Waals surface area contributed by atoms with Crippen molar-refractivity contribution in [2.45, 2.75) is 39.2 Å². The molecule has 5 heteroatoms. The number of rotatable bonds is 4. The average molecular weight is 404 g/mol. The van der Waals surface area contributed by atoms with Crippen molar-refractivity contribution in [3.63, 3.8) is 0 Å². The van der Waals surface area contributed by atoms with Gasteiger partial charge in [-0.15, -0.1) is 11.3 Å². The Morgan fingerprint density at radius 3 is 2.71 bits per heavy atom. The van der Waals surface area contributed by atoms with Crippen LogP contribution in [0.2, 0.25) is 0 Å². The molecule has 1 aliphatic rings. The molecule has 1 aromatic heterocycles. The van der Waals surface area contributed by atoms with Gasteiger partial charge < -0.3 is 0 Å². The highest BCUT2D eigenvalue weighted by atomic mass is 79.9. The van der Waals surface area contributed by atoms with Crippen LogP contribution in [0.25, 0.3) is 11.3 Å². The van der Waals surface area contributed by atoms with E-state index in [0.29, 0.717) is 5.92 Å². The largest absolute Gasteiger partial charge is 0.255 e. The number of benzene rings is 1. The third-order valence-electron chi connectivity index (χ3n) is 3.90. The first-order valence-electron chi connectivity index (χ1n) is 8.33. The second-order valence-corrected chi connectivity index (χ2v) is 8.01. The highest BCUT2D eigenvalue weighted by molar-refractivity contribution is 9.10. The van der Waals surface area contributed by atoms with Gasteiger partial charge >= 0.3 is 0 Å². The van der Waals surface area contributed by atoms with E-state index in [1.165, 1.54) is 6.42 Å². The molecule has 1 atom stereocenters. The van der Waals surface area contributed by atoms with Crippen LogP contribution >= 0.6 is 27.3 Å². The van der Waals surface area contributed by atoms with Crippen LogP contribution in [-0.4, -0.2) is 16.9 Å². The summed E-state index contributed by atoms with van der Waals surface area (Å²) >= 11 is 5.15. The molecule has 0 amide bonds. The standard InChI is InChI=1S/C19H22BrN3S/c1-14(2)22-19-23(21-12-15-6-4-3-5-7-15)18(13-24-19)16-8-10-17(20)11-9-16/h3-4,8-15H,5-7H2,1-2H3. The molecule has 3 nitrogen and oxygen atoms in total. The number of nitrogens with zero attached hydrogens (tertiary/aromatic N) is 3. The van der Waals surface area contributed by atoms with Gasteiger partial charge in [0.15, 0.2) is 0 Å². The molecule has 0 radical (unpaired) electrons. The lowest BCUT2D eigenvalue weighted by Gasteiger charge is -2.12. The fourth-order valence-electron chi connectivity index (χ4n) is 2.65. The zero-order valence-corrected chi connectivity index (χ0v) is 16.4. The Bertz CT molecular complexity index is 797. The number of hydrogen-bond acceptors (Lipinski definition) is 3. The van der Waals surface area contributed by atoms with Crippen LogP contribution in [-0.2, 0) is 0 Å². The van der Waals surface area contributed by atoms with E-state index in [1.807, 2.05) is 4.68 Å². The molecular formula is C19H22BrN3S. The molecule has 0 spiro atoms. The zero-order chi connectivity index (χ0) is 16.9. The lowest BCUT2D eigenvalue weighted by Crippen LogP contribution is -2.15. The van der Waals surface area contributed by atoms with Gasteiger partial charge in [0.25, 0.3) is 0 Å². The van der Waals surface area contributed by atoms with Crippen molar-refractivity contribution in [3.05, 3.63) is 51.1 Å². The summed E-state index contributed by atoms with van der Waals surface area (Å²) in [6.07, 6.45) is 10.0. The Kier molecular flexibility index (Phi) is 5.85. The van der Waals surface area contributed by atoms with E-state index in [4.69, 9.17) is 10.1 Å². The maximum absolute atomic E-state index is 4.80. The molecule has 0 N–H and O–H groups in total. The summed E-state index contributed by atoms with van der Waals surface area (Å²) < 4.78 is 3.07. The summed E-state index contributed by atoms with van der Waals surface area (Å²) in [7, 11) is 0. The molecule has 0 saturated heterocycles. The summed E-state index contributed by atoms with van der Waals surface area (Å²) in [4.78, 5) is 5.68. The van der Waals surface area contributed by atoms with Crippen LogP contribution in [0.3, 0.4) is 0 Å². The van der Waals surface area contributed by atoms with E-state index in [1.54, 1.807) is 11.3 Å². The topological polar surface area (TPSA) is 29.6 Å². The van der Waals surface area contributed by atoms with Gasteiger partial charge in [-0.05, 0) is 51.2 Å². The molecule has 2 aromatic rings. The van der Waals surface area contributed by atoms with Crippen LogP contribution in [0.5, 0.6) is 0 Å². The van der Waals surface area contributed by atoms with E-state index in [-0.39, 0.29) is 6.04 Å². The average Bonchev–Trinajstić information content (AvgIpc) is 2.96. The summed E-state index contributed by atoms with van der Waals surface area (Å²) in [5, 5.41) is 6.95. The van der Waals surface area contributed by atoms with Gasteiger partial charge in [-0.25, -0.2) is 4.68 Å². The molecule has 0 bridgehead atoms. The third kappa shape index (κ3) is 4.33. The number of allylic oxidation sites excluding steroid dienone is 2. The monoisotopic (exact) mass is 403 g/mol. The van der Waals surface area contributed by atoms with Crippen molar-refractivity contribution in [3.8, 4) is 11.3 Å². The fraction of sp³-hybridized carbons (Fsp3) is 0.368. The predicted molar refractivity (Wildman–Crippen MR) is 107 cm³/mol. The van der Waals surface area contributed by atoms with E-state index < -0.39 is 0 Å². The van der Waals surface area contributed by atoms with Crippen LogP contribution in [0.1, 0.15) is 33.1 Å². The van der Waals surface area contributed by atoms with Gasteiger partial charge in [-0.3, -0.25) is 4.99 Å². The molecule has 0 aliphatic heterocycles. The van der Waals surface area contributed by atoms with Gasteiger partial charge in [0.1, 0.15) is 0 Å². The first-order chi connectivity index (χ1) is 11.6. The van der Waals surface area contributed by atoms with Gasteiger partial charge in [0.2, 0.25) is 4.80 Å². The van der Waals surface area contributed by atoms with Crippen molar-refractivity contribution in [1.82, 2.24) is 4.68 Å². The summed E-state index contributed by atoms with van der Waals surface area (Å²) in [5.41, 5.74) is 2.25. The second-order valence-electron chi connectivity index (χ2n) is 6.25. The number of hydrogen-bond donors (Lipinski definition) is 0. The lowest BCUT2D eigenvalue weighted by atomic mass is 9.96. The highest BCUT2D eigenvalue weighted by Crippen LogP contribution is 2.23. The molecule has 1 unspecified atom stereocenters. The second kappa shape index (κ2) is 8.08. The molecule has 126 valence electrons. The summed E-state index contributed by atoms with van der Waals surface area (Å²) in [5.74, 6) is 0.520. The predicted octanol–water partition coefficient (Wildman–Crippen LogP) is 5.48. The summed E-state index contributed by atoms with van der Waals surface area (Å²) in [6.45, 7) is 4.19. The molecule has 1 heterocycles. The number of halogens is 1. The third-order valence-corrected chi connectivity index (χ3v) is 5.26. The van der Waals surface area contributed by atoms with Crippen molar-refractivity contribution >= 4 is 33.5 Å². The van der Waals surface area contributed by atoms with E-state index in [2.05, 4.69) is 77.8 Å². The first-order valence-corrected chi connectivity index (χ1v) is 10.0. The molecule has 1 aliphatic carbocycles. The van der Waals surface area contributed by atoms with Crippen LogP contribution in [0.15, 0.2) is 56.4 Å². The van der Waals surface area contributed by atoms with Gasteiger partial charge in [-0.1, -0.05) is 40.2 Å². The molecule has 1 aromatic carbocycles. The molecule has 3 rings (SSSR count). The van der Waals surface area contributed by atoms with Crippen molar-refractivity contribution in [2.75, 3.05) is 0 Å². The minimum absolute atomic E-state index is 0.250. The Hall–Kier alpha value is -1.46. The van der Waals surface area contributed by atoms with Crippen LogP contribution in [0, 0.1) is 5.92 Å². The Morgan fingerprint density at radius 1 is 1.25 bits per heavy atom. The smallest absolute Gasteiger partial charge is 0.206 e. The molecule has 24 heavy (non-hydrogen) atoms. The lowest BCUT2D eigenvalue weighted by molar-refractivity contribution is 0.621. The summed E-state index contributed by atoms with van der Waals surface area (Å²) in [6, 6.07) is 8.60. The van der Waals surface area contributed by atoms with Gasteiger partial charge in [0, 0.05) is 27.7 Å². The van der Waals surface area contributed by atoms with Gasteiger partial charge in [-0.2, -0.15) is 5.10 Å². The van der Waals surface area contributed by atoms with E-state index >= 15 is 0 Å². The van der Waals surface area contributed by atoms with Crippen molar-refractivity contribution in [1.29, 1.82) is 0 Å². The van der Waals surface area contributed by atoms with Crippen LogP contribution < -0.4 is 4.80 Å². The fourth-order valence-corrected chi connectivity index (χ4v) is 3.89. The molecular weight excluding hydrogens is 382 g/mol. The van der Waals surface area contributed by atoms with E-state index in [9.17, 15) is 0 Å². The maximum atomic E-state index is 4.80. The molecule has 0 saturated carbocycles. The van der Waals surface area contributed by atoms with Crippen LogP contribution in [0.4, 0.5) is 0 Å². The highest BCUT2D eigenvalue weighted by Gasteiger charge is 2.10. The molecule has 0 fully saturated rings. The minimum Gasteiger partial charge on any atom is -0.255 e. The quantitative estimate of drug-likeness (QED) is 0.477. The van der Waals surface area contributed by atoms with Crippen molar-refractivity contribution in [2.24, 2.45) is 16.0 Å². The van der Waals surface area contributed by atoms with Gasteiger partial charge in [0.05, 0.1) is 5.69 Å². The Morgan fingerprint density at radius 2 is 2.04 bits per heavy atom. The maximum Gasteiger partial charge on any atom is 0.206 e. The van der Waals surface area contributed by atoms with E-state index in [0.717, 1.165) is 33.4 Å². The van der Waals surface area contributed by atoms with Crippen molar-refractivity contribution < 1.29 is 0 Å². The first kappa shape index (κ1) is 17.4. The Balaban J connectivity index is 2.00. The minimum atomic E-state index is 0.250.